The number of methoxy groups -OCH3 is 1. The molecule has 0 radical (unpaired) electrons. The number of carbonyl (C=O) groups is 1. The molecule has 1 atom stereocenters. The summed E-state index contributed by atoms with van der Waals surface area (Å²) in [5, 5.41) is 0.222. The monoisotopic (exact) mass is 405 g/mol. The Labute approximate surface area is 154 Å². The van der Waals surface area contributed by atoms with Gasteiger partial charge in [-0.1, -0.05) is 35.3 Å². The van der Waals surface area contributed by atoms with Crippen molar-refractivity contribution in [3.63, 3.8) is 0 Å². The molecule has 0 fully saturated rings. The van der Waals surface area contributed by atoms with Gasteiger partial charge in [0.1, 0.15) is 16.8 Å². The molecule has 0 aliphatic rings. The molecular weight excluding hydrogens is 392 g/mol. The van der Waals surface area contributed by atoms with Crippen molar-refractivity contribution in [2.45, 2.75) is 17.4 Å². The van der Waals surface area contributed by atoms with Crippen LogP contribution in [0.5, 0.6) is 0 Å². The van der Waals surface area contributed by atoms with Gasteiger partial charge in [0, 0.05) is 5.02 Å². The van der Waals surface area contributed by atoms with Gasteiger partial charge in [0.05, 0.1) is 12.1 Å². The number of rotatable bonds is 6. The Morgan fingerprint density at radius 2 is 1.84 bits per heavy atom. The molecule has 5 nitrogen and oxygen atoms in total. The van der Waals surface area contributed by atoms with Crippen molar-refractivity contribution in [1.82, 2.24) is 4.72 Å². The number of esters is 1. The van der Waals surface area contributed by atoms with E-state index in [0.29, 0.717) is 10.6 Å². The van der Waals surface area contributed by atoms with E-state index in [1.807, 2.05) is 0 Å². The SMILES string of the molecule is COC(=O)C(Cc1ccc(Cl)cc1)NS(=O)(=O)c1ccc(F)cc1Cl. The number of hydrogen-bond acceptors (Lipinski definition) is 4. The highest BCUT2D eigenvalue weighted by atomic mass is 35.5. The molecule has 0 saturated heterocycles. The Morgan fingerprint density at radius 3 is 2.40 bits per heavy atom. The second-order valence-corrected chi connectivity index (χ2v) is 7.63. The minimum Gasteiger partial charge on any atom is -0.468 e. The van der Waals surface area contributed by atoms with Crippen molar-refractivity contribution in [2.24, 2.45) is 0 Å². The van der Waals surface area contributed by atoms with Crippen molar-refractivity contribution < 1.29 is 22.3 Å². The molecule has 25 heavy (non-hydrogen) atoms. The van der Waals surface area contributed by atoms with Crippen molar-refractivity contribution in [3.8, 4) is 0 Å². The number of benzene rings is 2. The number of nitrogens with one attached hydrogen (secondary N) is 1. The van der Waals surface area contributed by atoms with E-state index in [4.69, 9.17) is 23.2 Å². The average Bonchev–Trinajstić information content (AvgIpc) is 2.55. The van der Waals surface area contributed by atoms with Gasteiger partial charge in [-0.15, -0.1) is 0 Å². The fraction of sp³-hybridized carbons (Fsp3) is 0.188. The summed E-state index contributed by atoms with van der Waals surface area (Å²) in [6, 6.07) is 8.26. The first-order valence-corrected chi connectivity index (χ1v) is 9.26. The fourth-order valence-corrected chi connectivity index (χ4v) is 3.96. The molecular formula is C16H14Cl2FNO4S. The van der Waals surface area contributed by atoms with Gasteiger partial charge in [0.2, 0.25) is 10.0 Å². The summed E-state index contributed by atoms with van der Waals surface area (Å²) in [6.07, 6.45) is 0.0435. The van der Waals surface area contributed by atoms with Crippen molar-refractivity contribution >= 4 is 39.2 Å². The van der Waals surface area contributed by atoms with Crippen LogP contribution < -0.4 is 4.72 Å². The number of hydrogen-bond donors (Lipinski definition) is 1. The Kier molecular flexibility index (Phi) is 6.40. The molecule has 2 aromatic carbocycles. The van der Waals surface area contributed by atoms with Crippen LogP contribution in [0.1, 0.15) is 5.56 Å². The predicted molar refractivity (Wildman–Crippen MR) is 92.7 cm³/mol. The molecule has 0 heterocycles. The highest BCUT2D eigenvalue weighted by Crippen LogP contribution is 2.23. The van der Waals surface area contributed by atoms with Gasteiger partial charge in [0.25, 0.3) is 0 Å². The molecule has 0 aliphatic heterocycles. The second-order valence-electron chi connectivity index (χ2n) is 5.10. The highest BCUT2D eigenvalue weighted by molar-refractivity contribution is 7.89. The van der Waals surface area contributed by atoms with Crippen LogP contribution in [0.3, 0.4) is 0 Å². The van der Waals surface area contributed by atoms with Crippen LogP contribution in [0.15, 0.2) is 47.4 Å². The molecule has 0 saturated carbocycles. The molecule has 0 spiro atoms. The van der Waals surface area contributed by atoms with Crippen LogP contribution in [0, 0.1) is 5.82 Å². The number of sulfonamides is 1. The number of ether oxygens (including phenoxy) is 1. The zero-order chi connectivity index (χ0) is 18.6. The van der Waals surface area contributed by atoms with E-state index in [-0.39, 0.29) is 16.3 Å². The molecule has 1 N–H and O–H groups in total. The first-order chi connectivity index (χ1) is 11.7. The number of carbonyl (C=O) groups excluding carboxylic acids is 1. The van der Waals surface area contributed by atoms with Crippen molar-refractivity contribution in [2.75, 3.05) is 7.11 Å². The normalized spacial score (nSPS) is 12.6. The van der Waals surface area contributed by atoms with Gasteiger partial charge in [-0.25, -0.2) is 12.8 Å². The smallest absolute Gasteiger partial charge is 0.324 e. The van der Waals surface area contributed by atoms with E-state index in [1.165, 1.54) is 0 Å². The third-order valence-electron chi connectivity index (χ3n) is 3.32. The first-order valence-electron chi connectivity index (χ1n) is 7.02. The van der Waals surface area contributed by atoms with Gasteiger partial charge >= 0.3 is 5.97 Å². The maximum atomic E-state index is 13.1. The maximum absolute atomic E-state index is 13.1. The van der Waals surface area contributed by atoms with Gasteiger partial charge in [-0.2, -0.15) is 4.72 Å². The van der Waals surface area contributed by atoms with Crippen molar-refractivity contribution in [1.29, 1.82) is 0 Å². The number of halogens is 3. The summed E-state index contributed by atoms with van der Waals surface area (Å²) in [6.45, 7) is 0. The maximum Gasteiger partial charge on any atom is 0.324 e. The quantitative estimate of drug-likeness (QED) is 0.748. The van der Waals surface area contributed by atoms with E-state index < -0.39 is 27.9 Å². The van der Waals surface area contributed by atoms with Gasteiger partial charge in [0.15, 0.2) is 0 Å². The molecule has 0 aromatic heterocycles. The van der Waals surface area contributed by atoms with Crippen LogP contribution in [0.25, 0.3) is 0 Å². The summed E-state index contributed by atoms with van der Waals surface area (Å²) in [5.74, 6) is -1.44. The Bertz CT molecular complexity index is 872. The zero-order valence-electron chi connectivity index (χ0n) is 13.0. The van der Waals surface area contributed by atoms with E-state index >= 15 is 0 Å². The average molecular weight is 406 g/mol. The lowest BCUT2D eigenvalue weighted by atomic mass is 10.1. The molecule has 2 rings (SSSR count). The minimum absolute atomic E-state index is 0.0435. The largest absolute Gasteiger partial charge is 0.468 e. The first kappa shape index (κ1) is 19.7. The standard InChI is InChI=1S/C16H14Cl2FNO4S/c1-24-16(21)14(8-10-2-4-11(17)5-3-10)20-25(22,23)15-7-6-12(19)9-13(15)18/h2-7,9,14,20H,8H2,1H3. The van der Waals surface area contributed by atoms with Gasteiger partial charge < -0.3 is 4.74 Å². The molecule has 0 amide bonds. The van der Waals surface area contributed by atoms with Gasteiger partial charge in [-0.05, 0) is 42.3 Å². The summed E-state index contributed by atoms with van der Waals surface area (Å²) in [7, 11) is -3.02. The van der Waals surface area contributed by atoms with E-state index in [2.05, 4.69) is 9.46 Å². The molecule has 9 heteroatoms. The topological polar surface area (TPSA) is 72.5 Å². The summed E-state index contributed by atoms with van der Waals surface area (Å²) >= 11 is 11.6. The Balaban J connectivity index is 2.29. The second kappa shape index (κ2) is 8.14. The highest BCUT2D eigenvalue weighted by Gasteiger charge is 2.28. The van der Waals surface area contributed by atoms with Crippen LogP contribution in [-0.4, -0.2) is 27.5 Å². The molecule has 134 valence electrons. The fourth-order valence-electron chi connectivity index (χ4n) is 2.12. The molecule has 0 bridgehead atoms. The van der Waals surface area contributed by atoms with E-state index in [1.54, 1.807) is 24.3 Å². The minimum atomic E-state index is -4.17. The third-order valence-corrected chi connectivity index (χ3v) is 5.53. The van der Waals surface area contributed by atoms with E-state index in [0.717, 1.165) is 25.3 Å². The lowest BCUT2D eigenvalue weighted by Crippen LogP contribution is -2.43. The van der Waals surface area contributed by atoms with Crippen LogP contribution >= 0.6 is 23.2 Å². The third kappa shape index (κ3) is 5.15. The Hall–Kier alpha value is -1.67. The lowest BCUT2D eigenvalue weighted by Gasteiger charge is -2.17. The van der Waals surface area contributed by atoms with Crippen LogP contribution in [0.2, 0.25) is 10.0 Å². The summed E-state index contributed by atoms with van der Waals surface area (Å²) in [4.78, 5) is 11.6. The predicted octanol–water partition coefficient (Wildman–Crippen LogP) is 3.20. The van der Waals surface area contributed by atoms with Gasteiger partial charge in [-0.3, -0.25) is 4.79 Å². The zero-order valence-corrected chi connectivity index (χ0v) is 15.3. The molecule has 0 aliphatic carbocycles. The summed E-state index contributed by atoms with van der Waals surface area (Å²) in [5.41, 5.74) is 0.674. The molecule has 2 aromatic rings. The van der Waals surface area contributed by atoms with Crippen LogP contribution in [0.4, 0.5) is 4.39 Å². The Morgan fingerprint density at radius 1 is 1.20 bits per heavy atom. The van der Waals surface area contributed by atoms with E-state index in [9.17, 15) is 17.6 Å². The lowest BCUT2D eigenvalue weighted by molar-refractivity contribution is -0.142. The summed E-state index contributed by atoms with van der Waals surface area (Å²) < 4.78 is 45.0. The molecule has 1 unspecified atom stereocenters. The van der Waals surface area contributed by atoms with Crippen LogP contribution in [-0.2, 0) is 26.0 Å². The van der Waals surface area contributed by atoms with Crippen molar-refractivity contribution in [3.05, 3.63) is 63.9 Å².